The van der Waals surface area contributed by atoms with E-state index in [1.165, 1.54) is 23.5 Å². The number of carbonyl (C=O) groups excluding carboxylic acids is 1. The van der Waals surface area contributed by atoms with Crippen LogP contribution in [0.4, 0.5) is 5.69 Å². The van der Waals surface area contributed by atoms with Crippen LogP contribution < -0.4 is 4.80 Å². The molecule has 0 radical (unpaired) electrons. The Morgan fingerprint density at radius 2 is 2.00 bits per heavy atom. The molecule has 0 aliphatic heterocycles. The normalized spacial score (nSPS) is 11.9. The molecule has 0 aliphatic carbocycles. The molecule has 8 heteroatoms. The number of nitro groups is 1. The molecule has 0 atom stereocenters. The number of hydrogen-bond acceptors (Lipinski definition) is 5. The fourth-order valence-electron chi connectivity index (χ4n) is 2.62. The number of rotatable bonds is 6. The van der Waals surface area contributed by atoms with Gasteiger partial charge < -0.3 is 9.30 Å². The van der Waals surface area contributed by atoms with Gasteiger partial charge in [0.05, 0.1) is 21.7 Å². The maximum atomic E-state index is 12.5. The van der Waals surface area contributed by atoms with Gasteiger partial charge in [-0.3, -0.25) is 14.9 Å². The molecule has 1 aromatic heterocycles. The third kappa shape index (κ3) is 4.29. The number of fused-ring (bicyclic) bond motifs is 1. The molecule has 0 spiro atoms. The minimum atomic E-state index is -0.433. The van der Waals surface area contributed by atoms with Crippen LogP contribution in [0.1, 0.15) is 22.8 Å². The first-order valence-electron chi connectivity index (χ1n) is 8.51. The lowest BCUT2D eigenvalue weighted by Crippen LogP contribution is -2.19. The molecule has 0 bridgehead atoms. The molecule has 0 saturated heterocycles. The Morgan fingerprint density at radius 1 is 1.26 bits per heavy atom. The van der Waals surface area contributed by atoms with Crippen LogP contribution in [0.5, 0.6) is 0 Å². The molecule has 0 N–H and O–H groups in total. The third-order valence-corrected chi connectivity index (χ3v) is 5.08. The number of amides is 1. The summed E-state index contributed by atoms with van der Waals surface area (Å²) in [5, 5.41) is 11.0. The molecule has 0 aliphatic rings. The Labute approximate surface area is 159 Å². The lowest BCUT2D eigenvalue weighted by molar-refractivity contribution is -0.384. The molecule has 2 aromatic carbocycles. The first-order valence-corrected chi connectivity index (χ1v) is 9.32. The topological polar surface area (TPSA) is 86.7 Å². The Morgan fingerprint density at radius 3 is 2.67 bits per heavy atom. The van der Waals surface area contributed by atoms with Crippen LogP contribution in [-0.2, 0) is 11.3 Å². The number of nitro benzene ring substituents is 1. The highest BCUT2D eigenvalue weighted by Crippen LogP contribution is 2.23. The second kappa shape index (κ2) is 8.24. The van der Waals surface area contributed by atoms with Gasteiger partial charge in [-0.25, -0.2) is 0 Å². The van der Waals surface area contributed by atoms with Crippen molar-refractivity contribution in [1.29, 1.82) is 0 Å². The van der Waals surface area contributed by atoms with Crippen LogP contribution in [0.25, 0.3) is 10.2 Å². The second-order valence-corrected chi connectivity index (χ2v) is 6.93. The summed E-state index contributed by atoms with van der Waals surface area (Å²) in [4.78, 5) is 27.9. The molecule has 27 heavy (non-hydrogen) atoms. The number of hydrogen-bond donors (Lipinski definition) is 0. The van der Waals surface area contributed by atoms with Crippen molar-refractivity contribution in [2.45, 2.75) is 20.4 Å². The van der Waals surface area contributed by atoms with Gasteiger partial charge >= 0.3 is 0 Å². The van der Waals surface area contributed by atoms with E-state index in [1.807, 2.05) is 30.5 Å². The molecule has 3 aromatic rings. The maximum absolute atomic E-state index is 12.5. The summed E-state index contributed by atoms with van der Waals surface area (Å²) < 4.78 is 8.00. The van der Waals surface area contributed by atoms with Crippen molar-refractivity contribution in [2.75, 3.05) is 13.2 Å². The summed E-state index contributed by atoms with van der Waals surface area (Å²) in [6, 6.07) is 11.9. The minimum Gasteiger partial charge on any atom is -0.380 e. The highest BCUT2D eigenvalue weighted by Gasteiger charge is 2.13. The van der Waals surface area contributed by atoms with E-state index in [0.29, 0.717) is 34.8 Å². The standard InChI is InChI=1S/C19H19N3O4S/c1-3-26-11-10-21-16-9-8-15(22(24)25)12-17(16)27-19(21)20-18(23)14-6-4-13(2)5-7-14/h4-9,12H,3,10-11H2,1-2H3. The molecular formula is C19H19N3O4S. The zero-order valence-corrected chi connectivity index (χ0v) is 15.9. The van der Waals surface area contributed by atoms with E-state index in [9.17, 15) is 14.9 Å². The summed E-state index contributed by atoms with van der Waals surface area (Å²) in [5.41, 5.74) is 2.37. The predicted octanol–water partition coefficient (Wildman–Crippen LogP) is 3.70. The summed E-state index contributed by atoms with van der Waals surface area (Å²) in [7, 11) is 0. The third-order valence-electron chi connectivity index (χ3n) is 4.04. The van der Waals surface area contributed by atoms with E-state index in [1.54, 1.807) is 18.2 Å². The number of non-ortho nitro benzene ring substituents is 1. The van der Waals surface area contributed by atoms with Gasteiger partial charge in [-0.05, 0) is 32.0 Å². The lowest BCUT2D eigenvalue weighted by Gasteiger charge is -2.05. The van der Waals surface area contributed by atoms with E-state index < -0.39 is 4.92 Å². The van der Waals surface area contributed by atoms with Crippen LogP contribution in [-0.4, -0.2) is 28.6 Å². The van der Waals surface area contributed by atoms with Gasteiger partial charge in [0, 0.05) is 30.8 Å². The summed E-state index contributed by atoms with van der Waals surface area (Å²) in [5.74, 6) is -0.346. The molecule has 0 fully saturated rings. The van der Waals surface area contributed by atoms with Gasteiger partial charge in [0.15, 0.2) is 4.80 Å². The lowest BCUT2D eigenvalue weighted by atomic mass is 10.1. The summed E-state index contributed by atoms with van der Waals surface area (Å²) in [6.45, 7) is 5.41. The van der Waals surface area contributed by atoms with Gasteiger partial charge in [0.2, 0.25) is 0 Å². The zero-order valence-electron chi connectivity index (χ0n) is 15.0. The molecule has 3 rings (SSSR count). The average Bonchev–Trinajstić information content (AvgIpc) is 2.99. The quantitative estimate of drug-likeness (QED) is 0.368. The predicted molar refractivity (Wildman–Crippen MR) is 104 cm³/mol. The number of ether oxygens (including phenoxy) is 1. The van der Waals surface area contributed by atoms with E-state index >= 15 is 0 Å². The average molecular weight is 385 g/mol. The van der Waals surface area contributed by atoms with Crippen molar-refractivity contribution in [3.05, 3.63) is 68.5 Å². The van der Waals surface area contributed by atoms with Crippen molar-refractivity contribution in [1.82, 2.24) is 4.57 Å². The van der Waals surface area contributed by atoms with Crippen LogP contribution in [0.15, 0.2) is 47.5 Å². The highest BCUT2D eigenvalue weighted by molar-refractivity contribution is 7.16. The highest BCUT2D eigenvalue weighted by atomic mass is 32.1. The van der Waals surface area contributed by atoms with Crippen LogP contribution in [0.2, 0.25) is 0 Å². The van der Waals surface area contributed by atoms with Gasteiger partial charge in [0.1, 0.15) is 0 Å². The Bertz CT molecular complexity index is 1050. The van der Waals surface area contributed by atoms with Gasteiger partial charge in [-0.1, -0.05) is 29.0 Å². The van der Waals surface area contributed by atoms with E-state index in [-0.39, 0.29) is 11.6 Å². The first kappa shape index (κ1) is 18.9. The van der Waals surface area contributed by atoms with Gasteiger partial charge in [-0.2, -0.15) is 4.99 Å². The molecule has 1 amide bonds. The SMILES string of the molecule is CCOCCn1c(=NC(=O)c2ccc(C)cc2)sc2cc([N+](=O)[O-])ccc21. The Hall–Kier alpha value is -2.84. The second-order valence-electron chi connectivity index (χ2n) is 5.93. The smallest absolute Gasteiger partial charge is 0.279 e. The van der Waals surface area contributed by atoms with Crippen molar-refractivity contribution < 1.29 is 14.5 Å². The molecule has 0 unspecified atom stereocenters. The number of benzene rings is 2. The molecule has 0 saturated carbocycles. The van der Waals surface area contributed by atoms with Crippen LogP contribution in [0, 0.1) is 17.0 Å². The van der Waals surface area contributed by atoms with Crippen LogP contribution in [0.3, 0.4) is 0 Å². The summed E-state index contributed by atoms with van der Waals surface area (Å²) >= 11 is 1.26. The number of nitrogens with zero attached hydrogens (tertiary/aromatic N) is 3. The fraction of sp³-hybridized carbons (Fsp3) is 0.263. The number of aryl methyl sites for hydroxylation is 1. The number of carbonyl (C=O) groups is 1. The minimum absolute atomic E-state index is 0.0112. The van der Waals surface area contributed by atoms with Crippen LogP contribution >= 0.6 is 11.3 Å². The van der Waals surface area contributed by atoms with Gasteiger partial charge in [0.25, 0.3) is 11.6 Å². The zero-order chi connectivity index (χ0) is 19.4. The van der Waals surface area contributed by atoms with E-state index in [0.717, 1.165) is 11.1 Å². The fourth-order valence-corrected chi connectivity index (χ4v) is 3.71. The largest absolute Gasteiger partial charge is 0.380 e. The van der Waals surface area contributed by atoms with Gasteiger partial charge in [-0.15, -0.1) is 0 Å². The van der Waals surface area contributed by atoms with E-state index in [4.69, 9.17) is 4.74 Å². The number of thiazole rings is 1. The Balaban J connectivity index is 2.08. The van der Waals surface area contributed by atoms with Crippen molar-refractivity contribution in [3.63, 3.8) is 0 Å². The van der Waals surface area contributed by atoms with E-state index in [2.05, 4.69) is 4.99 Å². The van der Waals surface area contributed by atoms with Crippen molar-refractivity contribution in [3.8, 4) is 0 Å². The monoisotopic (exact) mass is 385 g/mol. The number of aromatic nitrogens is 1. The maximum Gasteiger partial charge on any atom is 0.279 e. The Kier molecular flexibility index (Phi) is 5.78. The van der Waals surface area contributed by atoms with Crippen molar-refractivity contribution in [2.24, 2.45) is 4.99 Å². The summed E-state index contributed by atoms with van der Waals surface area (Å²) in [6.07, 6.45) is 0. The molecular weight excluding hydrogens is 366 g/mol. The molecule has 7 nitrogen and oxygen atoms in total. The molecule has 1 heterocycles. The molecule has 140 valence electrons. The first-order chi connectivity index (χ1) is 13.0. The van der Waals surface area contributed by atoms with Crippen molar-refractivity contribution >= 4 is 33.1 Å².